The van der Waals surface area contributed by atoms with Gasteiger partial charge in [0.2, 0.25) is 5.91 Å². The minimum atomic E-state index is -0.194. The predicted molar refractivity (Wildman–Crippen MR) is 89.9 cm³/mol. The van der Waals surface area contributed by atoms with Crippen molar-refractivity contribution < 1.29 is 19.0 Å². The maximum absolute atomic E-state index is 12.3. The number of benzene rings is 2. The monoisotopic (exact) mass is 335 g/mol. The van der Waals surface area contributed by atoms with E-state index in [4.69, 9.17) is 25.8 Å². The fourth-order valence-corrected chi connectivity index (χ4v) is 2.34. The number of carbonyl (C=O) groups is 1. The zero-order chi connectivity index (χ0) is 16.8. The van der Waals surface area contributed by atoms with Gasteiger partial charge in [0.05, 0.1) is 27.8 Å². The molecule has 1 amide bonds. The van der Waals surface area contributed by atoms with Gasteiger partial charge in [-0.15, -0.1) is 0 Å². The number of rotatable bonds is 6. The van der Waals surface area contributed by atoms with E-state index >= 15 is 0 Å². The Hall–Kier alpha value is -2.40. The molecule has 2 aromatic carbocycles. The van der Waals surface area contributed by atoms with E-state index < -0.39 is 0 Å². The van der Waals surface area contributed by atoms with Crippen LogP contribution in [0.4, 0.5) is 5.69 Å². The molecule has 0 heterocycles. The highest BCUT2D eigenvalue weighted by molar-refractivity contribution is 6.30. The molecule has 1 N–H and O–H groups in total. The number of amides is 1. The van der Waals surface area contributed by atoms with E-state index in [2.05, 4.69) is 5.32 Å². The van der Waals surface area contributed by atoms with Crippen LogP contribution in [-0.2, 0) is 11.2 Å². The van der Waals surface area contributed by atoms with Crippen LogP contribution >= 0.6 is 11.6 Å². The zero-order valence-electron chi connectivity index (χ0n) is 13.2. The van der Waals surface area contributed by atoms with E-state index in [1.54, 1.807) is 57.7 Å². The van der Waals surface area contributed by atoms with Gasteiger partial charge in [-0.05, 0) is 18.2 Å². The molecule has 0 fully saturated rings. The topological polar surface area (TPSA) is 56.8 Å². The number of hydrogen-bond donors (Lipinski definition) is 1. The number of methoxy groups -OCH3 is 3. The fourth-order valence-electron chi connectivity index (χ4n) is 2.14. The van der Waals surface area contributed by atoms with Crippen molar-refractivity contribution in [2.24, 2.45) is 0 Å². The molecule has 0 unspecified atom stereocenters. The van der Waals surface area contributed by atoms with E-state index in [1.165, 1.54) is 0 Å². The van der Waals surface area contributed by atoms with Gasteiger partial charge in [-0.2, -0.15) is 0 Å². The maximum atomic E-state index is 12.3. The van der Waals surface area contributed by atoms with Crippen LogP contribution in [0.1, 0.15) is 5.56 Å². The van der Waals surface area contributed by atoms with Gasteiger partial charge in [-0.1, -0.05) is 11.6 Å². The van der Waals surface area contributed by atoms with Crippen LogP contribution in [-0.4, -0.2) is 27.2 Å². The summed E-state index contributed by atoms with van der Waals surface area (Å²) >= 11 is 5.98. The van der Waals surface area contributed by atoms with Gasteiger partial charge in [-0.3, -0.25) is 4.79 Å². The Morgan fingerprint density at radius 3 is 2.22 bits per heavy atom. The van der Waals surface area contributed by atoms with Crippen molar-refractivity contribution in [3.63, 3.8) is 0 Å². The van der Waals surface area contributed by atoms with E-state index in [9.17, 15) is 4.79 Å². The normalized spacial score (nSPS) is 10.1. The van der Waals surface area contributed by atoms with Crippen LogP contribution in [0.25, 0.3) is 0 Å². The van der Waals surface area contributed by atoms with E-state index in [1.807, 2.05) is 0 Å². The summed E-state index contributed by atoms with van der Waals surface area (Å²) in [6, 6.07) is 10.3. The van der Waals surface area contributed by atoms with Crippen molar-refractivity contribution in [2.75, 3.05) is 26.6 Å². The van der Waals surface area contributed by atoms with Crippen LogP contribution in [0.3, 0.4) is 0 Å². The van der Waals surface area contributed by atoms with Crippen LogP contribution in [0, 0.1) is 0 Å². The van der Waals surface area contributed by atoms with Gasteiger partial charge in [0.15, 0.2) is 0 Å². The highest BCUT2D eigenvalue weighted by atomic mass is 35.5. The lowest BCUT2D eigenvalue weighted by molar-refractivity contribution is -0.115. The molecule has 0 aliphatic carbocycles. The molecule has 0 aliphatic heterocycles. The molecule has 2 aromatic rings. The number of hydrogen-bond acceptors (Lipinski definition) is 4. The average molecular weight is 336 g/mol. The van der Waals surface area contributed by atoms with Gasteiger partial charge in [-0.25, -0.2) is 0 Å². The van der Waals surface area contributed by atoms with E-state index in [0.717, 1.165) is 0 Å². The number of halogens is 1. The average Bonchev–Trinajstić information content (AvgIpc) is 2.54. The van der Waals surface area contributed by atoms with Gasteiger partial charge < -0.3 is 19.5 Å². The Labute approximate surface area is 140 Å². The lowest BCUT2D eigenvalue weighted by Crippen LogP contribution is -2.15. The molecule has 0 saturated heterocycles. The first-order chi connectivity index (χ1) is 11.0. The Morgan fingerprint density at radius 1 is 1.00 bits per heavy atom. The van der Waals surface area contributed by atoms with Gasteiger partial charge in [0, 0.05) is 34.5 Å². The maximum Gasteiger partial charge on any atom is 0.228 e. The number of anilines is 1. The Balaban J connectivity index is 2.15. The summed E-state index contributed by atoms with van der Waals surface area (Å²) in [5, 5.41) is 3.37. The molecule has 6 heteroatoms. The summed E-state index contributed by atoms with van der Waals surface area (Å²) in [6.07, 6.45) is 0.142. The van der Waals surface area contributed by atoms with Crippen molar-refractivity contribution in [1.29, 1.82) is 0 Å². The molecule has 0 saturated carbocycles. The SMILES string of the molecule is COc1cc(NC(=O)Cc2cc(Cl)ccc2OC)cc(OC)c1. The van der Waals surface area contributed by atoms with Crippen molar-refractivity contribution >= 4 is 23.2 Å². The third-order valence-electron chi connectivity index (χ3n) is 3.23. The summed E-state index contributed by atoms with van der Waals surface area (Å²) in [4.78, 5) is 12.3. The largest absolute Gasteiger partial charge is 0.497 e. The Kier molecular flexibility index (Phi) is 5.71. The Morgan fingerprint density at radius 2 is 1.65 bits per heavy atom. The minimum Gasteiger partial charge on any atom is -0.497 e. The molecular formula is C17H18ClNO4. The van der Waals surface area contributed by atoms with Gasteiger partial charge in [0.25, 0.3) is 0 Å². The van der Waals surface area contributed by atoms with Crippen molar-refractivity contribution in [3.05, 3.63) is 47.0 Å². The standard InChI is InChI=1S/C17H18ClNO4/c1-21-14-8-13(9-15(10-14)22-2)19-17(20)7-11-6-12(18)4-5-16(11)23-3/h4-6,8-10H,7H2,1-3H3,(H,19,20). The summed E-state index contributed by atoms with van der Waals surface area (Å²) < 4.78 is 15.6. The predicted octanol–water partition coefficient (Wildman–Crippen LogP) is 3.55. The van der Waals surface area contributed by atoms with Crippen molar-refractivity contribution in [2.45, 2.75) is 6.42 Å². The first-order valence-electron chi connectivity index (χ1n) is 6.91. The quantitative estimate of drug-likeness (QED) is 0.877. The highest BCUT2D eigenvalue weighted by Crippen LogP contribution is 2.27. The molecule has 0 bridgehead atoms. The number of carbonyl (C=O) groups excluding carboxylic acids is 1. The van der Waals surface area contributed by atoms with Crippen molar-refractivity contribution in [1.82, 2.24) is 0 Å². The summed E-state index contributed by atoms with van der Waals surface area (Å²) in [5.41, 5.74) is 1.31. The second-order valence-corrected chi connectivity index (χ2v) is 5.22. The lowest BCUT2D eigenvalue weighted by Gasteiger charge is -2.11. The first kappa shape index (κ1) is 17.0. The molecule has 122 valence electrons. The molecule has 0 aliphatic rings. The minimum absolute atomic E-state index is 0.142. The Bertz CT molecular complexity index is 681. The third-order valence-corrected chi connectivity index (χ3v) is 3.46. The van der Waals surface area contributed by atoms with E-state index in [-0.39, 0.29) is 12.3 Å². The van der Waals surface area contributed by atoms with Crippen LogP contribution in [0.5, 0.6) is 17.2 Å². The number of ether oxygens (including phenoxy) is 3. The number of nitrogens with one attached hydrogen (secondary N) is 1. The summed E-state index contributed by atoms with van der Waals surface area (Å²) in [6.45, 7) is 0. The van der Waals surface area contributed by atoms with Gasteiger partial charge in [0.1, 0.15) is 17.2 Å². The van der Waals surface area contributed by atoms with Crippen LogP contribution in [0.15, 0.2) is 36.4 Å². The summed E-state index contributed by atoms with van der Waals surface area (Å²) in [5.74, 6) is 1.62. The van der Waals surface area contributed by atoms with Crippen molar-refractivity contribution in [3.8, 4) is 17.2 Å². The molecule has 23 heavy (non-hydrogen) atoms. The lowest BCUT2D eigenvalue weighted by atomic mass is 10.1. The van der Waals surface area contributed by atoms with Gasteiger partial charge >= 0.3 is 0 Å². The highest BCUT2D eigenvalue weighted by Gasteiger charge is 2.11. The van der Waals surface area contributed by atoms with Crippen LogP contribution < -0.4 is 19.5 Å². The molecule has 5 nitrogen and oxygen atoms in total. The molecule has 0 radical (unpaired) electrons. The molecule has 0 aromatic heterocycles. The molecular weight excluding hydrogens is 318 g/mol. The van der Waals surface area contributed by atoms with Crippen LogP contribution in [0.2, 0.25) is 5.02 Å². The molecule has 2 rings (SSSR count). The first-order valence-corrected chi connectivity index (χ1v) is 7.29. The third kappa shape index (κ3) is 4.53. The fraction of sp³-hybridized carbons (Fsp3) is 0.235. The van der Waals surface area contributed by atoms with E-state index in [0.29, 0.717) is 33.5 Å². The summed E-state index contributed by atoms with van der Waals surface area (Å²) in [7, 11) is 4.66. The second-order valence-electron chi connectivity index (χ2n) is 4.78. The molecule has 0 spiro atoms. The zero-order valence-corrected chi connectivity index (χ0v) is 13.9. The second kappa shape index (κ2) is 7.74. The molecule has 0 atom stereocenters. The smallest absolute Gasteiger partial charge is 0.228 e.